The third kappa shape index (κ3) is 1.74. The summed E-state index contributed by atoms with van der Waals surface area (Å²) in [5.74, 6) is -0.170. The first-order valence-corrected chi connectivity index (χ1v) is 5.81. The van der Waals surface area contributed by atoms with Crippen LogP contribution in [-0.2, 0) is 0 Å². The second kappa shape index (κ2) is 3.83. The van der Waals surface area contributed by atoms with E-state index >= 15 is 0 Å². The number of hydrogen-bond donors (Lipinski definition) is 0. The first-order chi connectivity index (χ1) is 8.15. The number of pyridine rings is 1. The van der Waals surface area contributed by atoms with Crippen molar-refractivity contribution >= 4 is 15.9 Å². The van der Waals surface area contributed by atoms with Crippen molar-refractivity contribution < 1.29 is 8.78 Å². The Morgan fingerprint density at radius 1 is 1.41 bits per heavy atom. The highest BCUT2D eigenvalue weighted by atomic mass is 79.9. The molecular formula is C10H7BrF2N4. The van der Waals surface area contributed by atoms with E-state index in [0.717, 1.165) is 6.20 Å². The largest absolute Gasteiger partial charge is 0.261 e. The molecule has 2 aromatic heterocycles. The molecule has 0 saturated heterocycles. The minimum absolute atomic E-state index is 0.216. The monoisotopic (exact) mass is 300 g/mol. The molecule has 0 bridgehead atoms. The van der Waals surface area contributed by atoms with Gasteiger partial charge in [0.05, 0.1) is 12.2 Å². The van der Waals surface area contributed by atoms with E-state index in [1.807, 2.05) is 0 Å². The normalized spacial score (nSPS) is 22.8. The molecule has 7 heteroatoms. The molecule has 2 unspecified atom stereocenters. The molecule has 0 amide bonds. The average Bonchev–Trinajstić information content (AvgIpc) is 2.79. The number of nitrogens with zero attached hydrogens (tertiary/aromatic N) is 4. The first-order valence-electron chi connectivity index (χ1n) is 5.01. The van der Waals surface area contributed by atoms with E-state index < -0.39 is 12.0 Å². The van der Waals surface area contributed by atoms with Gasteiger partial charge in [0, 0.05) is 12.6 Å². The summed E-state index contributed by atoms with van der Waals surface area (Å²) in [6, 6.07) is 0.997. The lowest BCUT2D eigenvalue weighted by Crippen LogP contribution is -2.08. The van der Waals surface area contributed by atoms with Gasteiger partial charge in [0.1, 0.15) is 5.82 Å². The van der Waals surface area contributed by atoms with Gasteiger partial charge in [0.25, 0.3) is 0 Å². The maximum atomic E-state index is 13.7. The molecule has 0 radical (unpaired) electrons. The fourth-order valence-corrected chi connectivity index (χ4v) is 2.39. The van der Waals surface area contributed by atoms with Gasteiger partial charge in [-0.25, -0.2) is 18.4 Å². The van der Waals surface area contributed by atoms with Crippen LogP contribution >= 0.6 is 15.9 Å². The van der Waals surface area contributed by atoms with Crippen LogP contribution in [0.4, 0.5) is 8.78 Å². The predicted molar refractivity (Wildman–Crippen MR) is 58.5 cm³/mol. The molecule has 0 aromatic carbocycles. The third-order valence-corrected chi connectivity index (χ3v) is 3.08. The van der Waals surface area contributed by atoms with Crippen LogP contribution in [0.1, 0.15) is 30.0 Å². The van der Waals surface area contributed by atoms with E-state index in [4.69, 9.17) is 0 Å². The van der Waals surface area contributed by atoms with Crippen LogP contribution in [0.25, 0.3) is 0 Å². The van der Waals surface area contributed by atoms with Crippen LogP contribution in [0.3, 0.4) is 0 Å². The molecule has 1 aliphatic rings. The van der Waals surface area contributed by atoms with Gasteiger partial charge in [0.15, 0.2) is 12.0 Å². The van der Waals surface area contributed by atoms with Crippen molar-refractivity contribution in [3.8, 4) is 0 Å². The second-order valence-corrected chi connectivity index (χ2v) is 4.55. The third-order valence-electron chi connectivity index (χ3n) is 2.75. The zero-order valence-electron chi connectivity index (χ0n) is 8.52. The Labute approximate surface area is 104 Å². The lowest BCUT2D eigenvalue weighted by molar-refractivity contribution is 0.328. The quantitative estimate of drug-likeness (QED) is 0.813. The Kier molecular flexibility index (Phi) is 2.43. The molecule has 0 aliphatic carbocycles. The molecule has 2 atom stereocenters. The molecule has 2 aromatic rings. The van der Waals surface area contributed by atoms with Crippen molar-refractivity contribution in [2.24, 2.45) is 0 Å². The van der Waals surface area contributed by atoms with Crippen molar-refractivity contribution in [3.63, 3.8) is 0 Å². The van der Waals surface area contributed by atoms with Crippen LogP contribution < -0.4 is 0 Å². The summed E-state index contributed by atoms with van der Waals surface area (Å²) in [7, 11) is 0. The topological polar surface area (TPSA) is 43.6 Å². The molecule has 3 heterocycles. The number of aromatic nitrogens is 4. The van der Waals surface area contributed by atoms with E-state index in [-0.39, 0.29) is 18.3 Å². The summed E-state index contributed by atoms with van der Waals surface area (Å²) in [6.45, 7) is 0. The summed E-state index contributed by atoms with van der Waals surface area (Å²) in [4.78, 5) is 7.71. The Morgan fingerprint density at radius 2 is 2.24 bits per heavy atom. The fourth-order valence-electron chi connectivity index (χ4n) is 2.04. The summed E-state index contributed by atoms with van der Waals surface area (Å²) < 4.78 is 28.6. The van der Waals surface area contributed by atoms with Crippen molar-refractivity contribution in [1.29, 1.82) is 0 Å². The number of rotatable bonds is 1. The van der Waals surface area contributed by atoms with Crippen molar-refractivity contribution in [2.45, 2.75) is 18.6 Å². The zero-order chi connectivity index (χ0) is 12.0. The molecule has 0 fully saturated rings. The van der Waals surface area contributed by atoms with Crippen LogP contribution in [0.2, 0.25) is 0 Å². The maximum Gasteiger partial charge on any atom is 0.217 e. The lowest BCUT2D eigenvalue weighted by atomic mass is 10.1. The molecule has 0 N–H and O–H groups in total. The summed E-state index contributed by atoms with van der Waals surface area (Å²) in [5.41, 5.74) is 0.601. The molecule has 1 aliphatic heterocycles. The number of hydrogen-bond acceptors (Lipinski definition) is 3. The van der Waals surface area contributed by atoms with Gasteiger partial charge in [-0.05, 0) is 27.6 Å². The van der Waals surface area contributed by atoms with Crippen molar-refractivity contribution in [1.82, 2.24) is 19.7 Å². The first kappa shape index (κ1) is 10.8. The van der Waals surface area contributed by atoms with Gasteiger partial charge < -0.3 is 0 Å². The average molecular weight is 301 g/mol. The molecule has 0 spiro atoms. The number of halogens is 3. The van der Waals surface area contributed by atoms with Crippen molar-refractivity contribution in [2.75, 3.05) is 0 Å². The second-order valence-electron chi connectivity index (χ2n) is 3.84. The van der Waals surface area contributed by atoms with E-state index in [1.54, 1.807) is 0 Å². The Hall–Kier alpha value is -1.37. The maximum absolute atomic E-state index is 13.7. The minimum Gasteiger partial charge on any atom is -0.261 e. The zero-order valence-corrected chi connectivity index (χ0v) is 10.1. The molecule has 0 saturated carbocycles. The van der Waals surface area contributed by atoms with Crippen LogP contribution in [0, 0.1) is 5.82 Å². The van der Waals surface area contributed by atoms with Crippen LogP contribution in [0.5, 0.6) is 0 Å². The van der Waals surface area contributed by atoms with Crippen LogP contribution in [0.15, 0.2) is 23.2 Å². The van der Waals surface area contributed by atoms with Gasteiger partial charge in [-0.2, -0.15) is 0 Å². The Morgan fingerprint density at radius 3 is 3.00 bits per heavy atom. The molecular weight excluding hydrogens is 294 g/mol. The van der Waals surface area contributed by atoms with E-state index in [1.165, 1.54) is 16.9 Å². The van der Waals surface area contributed by atoms with Gasteiger partial charge >= 0.3 is 0 Å². The smallest absolute Gasteiger partial charge is 0.217 e. The van der Waals surface area contributed by atoms with Crippen molar-refractivity contribution in [3.05, 3.63) is 40.4 Å². The van der Waals surface area contributed by atoms with Crippen LogP contribution in [-0.4, -0.2) is 19.7 Å². The highest BCUT2D eigenvalue weighted by molar-refractivity contribution is 9.10. The molecule has 3 rings (SSSR count). The van der Waals surface area contributed by atoms with E-state index in [2.05, 4.69) is 31.0 Å². The fraction of sp³-hybridized carbons (Fsp3) is 0.300. The highest BCUT2D eigenvalue weighted by Crippen LogP contribution is 2.39. The van der Waals surface area contributed by atoms with E-state index in [0.29, 0.717) is 10.3 Å². The van der Waals surface area contributed by atoms with Gasteiger partial charge in [0.2, 0.25) is 4.73 Å². The SMILES string of the molecule is Fc1cncc(C2CC(F)c3nc(Br)nn32)c1. The predicted octanol–water partition coefficient (Wildman–Crippen LogP) is 2.58. The summed E-state index contributed by atoms with van der Waals surface area (Å²) >= 11 is 3.10. The summed E-state index contributed by atoms with van der Waals surface area (Å²) in [6.07, 6.45) is 1.67. The Balaban J connectivity index is 2.06. The Bertz CT molecular complexity index is 571. The van der Waals surface area contributed by atoms with Gasteiger partial charge in [-0.1, -0.05) is 0 Å². The van der Waals surface area contributed by atoms with Gasteiger partial charge in [-0.15, -0.1) is 5.10 Å². The highest BCUT2D eigenvalue weighted by Gasteiger charge is 2.35. The number of fused-ring (bicyclic) bond motifs is 1. The molecule has 17 heavy (non-hydrogen) atoms. The standard InChI is InChI=1S/C10H7BrF2N4/c11-10-15-9-7(13)2-8(17(9)16-10)5-1-6(12)4-14-3-5/h1,3-4,7-8H,2H2. The lowest BCUT2D eigenvalue weighted by Gasteiger charge is -2.10. The summed E-state index contributed by atoms with van der Waals surface area (Å²) in [5, 5.41) is 4.06. The number of alkyl halides is 1. The molecule has 88 valence electrons. The minimum atomic E-state index is -1.18. The molecule has 4 nitrogen and oxygen atoms in total. The van der Waals surface area contributed by atoms with Gasteiger partial charge in [-0.3, -0.25) is 4.98 Å². The van der Waals surface area contributed by atoms with E-state index in [9.17, 15) is 8.78 Å².